The zero-order chi connectivity index (χ0) is 13.2. The lowest BCUT2D eigenvalue weighted by atomic mass is 10.1. The highest BCUT2D eigenvalue weighted by Gasteiger charge is 2.24. The number of carbonyl (C=O) groups is 1. The molecular weight excluding hydrogens is 264 g/mol. The smallest absolute Gasteiger partial charge is 0.272 e. The van der Waals surface area contributed by atoms with E-state index in [0.717, 1.165) is 49.2 Å². The zero-order valence-corrected chi connectivity index (χ0v) is 11.4. The molecule has 1 aliphatic rings. The molecule has 8 heteroatoms. The molecule has 3 heterocycles. The van der Waals surface area contributed by atoms with Crippen LogP contribution in [-0.2, 0) is 19.4 Å². The van der Waals surface area contributed by atoms with Crippen LogP contribution in [0.1, 0.15) is 35.5 Å². The number of nitrogens with one attached hydrogen (secondary N) is 1. The summed E-state index contributed by atoms with van der Waals surface area (Å²) < 4.78 is 9.88. The van der Waals surface area contributed by atoms with Crippen molar-refractivity contribution in [1.29, 1.82) is 0 Å². The Hall–Kier alpha value is -1.83. The van der Waals surface area contributed by atoms with Gasteiger partial charge in [0, 0.05) is 25.4 Å². The minimum atomic E-state index is -0.159. The van der Waals surface area contributed by atoms with Crippen molar-refractivity contribution in [2.24, 2.45) is 0 Å². The van der Waals surface area contributed by atoms with Crippen LogP contribution in [0.2, 0.25) is 0 Å². The van der Waals surface area contributed by atoms with Gasteiger partial charge in [-0.15, -0.1) is 10.2 Å². The van der Waals surface area contributed by atoms with Crippen molar-refractivity contribution >= 4 is 17.6 Å². The summed E-state index contributed by atoms with van der Waals surface area (Å²) in [5.74, 6) is 1.83. The average molecular weight is 278 g/mol. The number of fused-ring (bicyclic) bond motifs is 1. The molecule has 1 N–H and O–H groups in total. The van der Waals surface area contributed by atoms with Gasteiger partial charge in [-0.05, 0) is 6.42 Å². The van der Waals surface area contributed by atoms with E-state index in [2.05, 4.69) is 35.8 Å². The van der Waals surface area contributed by atoms with E-state index in [1.807, 2.05) is 0 Å². The summed E-state index contributed by atoms with van der Waals surface area (Å²) in [6, 6.07) is 0.1000. The standard InChI is InChI=1S/C11H14N6OS/c1-2-9-14-15-10-4-3-7(6-17(9)10)13-11(18)8-5-12-19-16-8/h5,7H,2-4,6H2,1H3,(H,13,18)/t7-/m0/s1. The second kappa shape index (κ2) is 5.04. The lowest BCUT2D eigenvalue weighted by molar-refractivity contribution is 0.0923. The normalized spacial score (nSPS) is 18.1. The van der Waals surface area contributed by atoms with Crippen molar-refractivity contribution in [3.63, 3.8) is 0 Å². The van der Waals surface area contributed by atoms with E-state index < -0.39 is 0 Å². The van der Waals surface area contributed by atoms with Crippen LogP contribution in [0.25, 0.3) is 0 Å². The second-order valence-electron chi connectivity index (χ2n) is 4.50. The molecule has 0 saturated heterocycles. The number of hydrogen-bond acceptors (Lipinski definition) is 6. The van der Waals surface area contributed by atoms with Crippen LogP contribution in [-0.4, -0.2) is 35.5 Å². The minimum absolute atomic E-state index is 0.1000. The molecule has 3 rings (SSSR count). The van der Waals surface area contributed by atoms with Gasteiger partial charge in [0.2, 0.25) is 0 Å². The summed E-state index contributed by atoms with van der Waals surface area (Å²) in [6.07, 6.45) is 4.06. The summed E-state index contributed by atoms with van der Waals surface area (Å²) >= 11 is 1.04. The molecular formula is C11H14N6OS. The van der Waals surface area contributed by atoms with Gasteiger partial charge in [0.05, 0.1) is 17.9 Å². The van der Waals surface area contributed by atoms with Crippen molar-refractivity contribution in [3.05, 3.63) is 23.5 Å². The maximum atomic E-state index is 11.9. The molecule has 19 heavy (non-hydrogen) atoms. The van der Waals surface area contributed by atoms with Crippen LogP contribution in [0, 0.1) is 0 Å². The number of aromatic nitrogens is 5. The highest BCUT2D eigenvalue weighted by atomic mass is 32.1. The molecule has 2 aromatic heterocycles. The molecule has 0 spiro atoms. The van der Waals surface area contributed by atoms with Crippen molar-refractivity contribution in [3.8, 4) is 0 Å². The Labute approximate surface area is 114 Å². The number of amides is 1. The van der Waals surface area contributed by atoms with Gasteiger partial charge in [0.1, 0.15) is 11.6 Å². The molecule has 0 fully saturated rings. The second-order valence-corrected chi connectivity index (χ2v) is 5.06. The third-order valence-corrected chi connectivity index (χ3v) is 3.75. The highest BCUT2D eigenvalue weighted by Crippen LogP contribution is 2.15. The van der Waals surface area contributed by atoms with E-state index in [1.165, 1.54) is 6.20 Å². The molecule has 0 aromatic carbocycles. The number of nitrogens with zero attached hydrogens (tertiary/aromatic N) is 5. The predicted octanol–water partition coefficient (Wildman–Crippen LogP) is 0.437. The first kappa shape index (κ1) is 12.2. The minimum Gasteiger partial charge on any atom is -0.346 e. The van der Waals surface area contributed by atoms with Crippen LogP contribution in [0.3, 0.4) is 0 Å². The third kappa shape index (κ3) is 2.35. The summed E-state index contributed by atoms with van der Waals surface area (Å²) in [6.45, 7) is 2.79. The van der Waals surface area contributed by atoms with Crippen molar-refractivity contribution < 1.29 is 4.79 Å². The molecule has 0 saturated carbocycles. The van der Waals surface area contributed by atoms with Crippen molar-refractivity contribution in [1.82, 2.24) is 28.8 Å². The number of carbonyl (C=O) groups excluding carboxylic acids is 1. The third-order valence-electron chi connectivity index (χ3n) is 3.27. The number of rotatable bonds is 3. The molecule has 2 aromatic rings. The average Bonchev–Trinajstić information content (AvgIpc) is 3.07. The van der Waals surface area contributed by atoms with E-state index >= 15 is 0 Å². The van der Waals surface area contributed by atoms with Gasteiger partial charge in [-0.1, -0.05) is 6.92 Å². The van der Waals surface area contributed by atoms with Crippen LogP contribution in [0.4, 0.5) is 0 Å². The first-order valence-corrected chi connectivity index (χ1v) is 7.00. The van der Waals surface area contributed by atoms with Gasteiger partial charge in [0.15, 0.2) is 5.69 Å². The maximum absolute atomic E-state index is 11.9. The van der Waals surface area contributed by atoms with Crippen molar-refractivity contribution in [2.75, 3.05) is 0 Å². The Morgan fingerprint density at radius 2 is 2.47 bits per heavy atom. The Balaban J connectivity index is 1.70. The van der Waals surface area contributed by atoms with Crippen LogP contribution < -0.4 is 5.32 Å². The van der Waals surface area contributed by atoms with Gasteiger partial charge in [-0.2, -0.15) is 8.75 Å². The fraction of sp³-hybridized carbons (Fsp3) is 0.545. The summed E-state index contributed by atoms with van der Waals surface area (Å²) in [4.78, 5) is 11.9. The Morgan fingerprint density at radius 3 is 3.21 bits per heavy atom. The molecule has 0 radical (unpaired) electrons. The summed E-state index contributed by atoms with van der Waals surface area (Å²) in [5, 5.41) is 11.3. The SMILES string of the molecule is CCc1nnc2n1C[C@@H](NC(=O)c1cnsn1)CC2. The quantitative estimate of drug-likeness (QED) is 0.880. The molecule has 7 nitrogen and oxygen atoms in total. The first-order valence-electron chi connectivity index (χ1n) is 6.27. The Morgan fingerprint density at radius 1 is 1.58 bits per heavy atom. The van der Waals surface area contributed by atoms with Gasteiger partial charge in [0.25, 0.3) is 5.91 Å². The lowest BCUT2D eigenvalue weighted by Crippen LogP contribution is -2.41. The largest absolute Gasteiger partial charge is 0.346 e. The predicted molar refractivity (Wildman–Crippen MR) is 68.9 cm³/mol. The van der Waals surface area contributed by atoms with Gasteiger partial charge >= 0.3 is 0 Å². The van der Waals surface area contributed by atoms with E-state index in [1.54, 1.807) is 0 Å². The van der Waals surface area contributed by atoms with Gasteiger partial charge in [-0.25, -0.2) is 0 Å². The maximum Gasteiger partial charge on any atom is 0.272 e. The molecule has 1 aliphatic heterocycles. The van der Waals surface area contributed by atoms with E-state index in [0.29, 0.717) is 5.69 Å². The summed E-state index contributed by atoms with van der Waals surface area (Å²) in [7, 11) is 0. The molecule has 0 unspecified atom stereocenters. The fourth-order valence-electron chi connectivity index (χ4n) is 2.29. The highest BCUT2D eigenvalue weighted by molar-refractivity contribution is 6.99. The summed E-state index contributed by atoms with van der Waals surface area (Å²) in [5.41, 5.74) is 0.385. The van der Waals surface area contributed by atoms with Gasteiger partial charge < -0.3 is 9.88 Å². The number of aryl methyl sites for hydroxylation is 2. The first-order chi connectivity index (χ1) is 9.28. The van der Waals surface area contributed by atoms with E-state index in [9.17, 15) is 4.79 Å². The molecule has 0 aliphatic carbocycles. The zero-order valence-electron chi connectivity index (χ0n) is 10.5. The van der Waals surface area contributed by atoms with Crippen LogP contribution >= 0.6 is 11.7 Å². The Kier molecular flexibility index (Phi) is 3.24. The fourth-order valence-corrected chi connectivity index (χ4v) is 2.70. The van der Waals surface area contributed by atoms with Crippen LogP contribution in [0.5, 0.6) is 0 Å². The van der Waals surface area contributed by atoms with E-state index in [4.69, 9.17) is 0 Å². The lowest BCUT2D eigenvalue weighted by Gasteiger charge is -2.24. The number of hydrogen-bond donors (Lipinski definition) is 1. The van der Waals surface area contributed by atoms with Gasteiger partial charge in [-0.3, -0.25) is 4.79 Å². The molecule has 1 amide bonds. The topological polar surface area (TPSA) is 85.6 Å². The molecule has 100 valence electrons. The molecule has 1 atom stereocenters. The van der Waals surface area contributed by atoms with E-state index in [-0.39, 0.29) is 11.9 Å². The van der Waals surface area contributed by atoms with Crippen molar-refractivity contribution in [2.45, 2.75) is 38.8 Å². The monoisotopic (exact) mass is 278 g/mol. The molecule has 0 bridgehead atoms. The Bertz CT molecular complexity index is 565. The van der Waals surface area contributed by atoms with Crippen LogP contribution in [0.15, 0.2) is 6.20 Å².